The molecule has 2 saturated carbocycles. The standard InChI is InChI=1S/C16H30N2O3S/c1-2-21-15-13-14(16(15)7-4-3-5-8-16)17-9-11-18-10-6-12-22(18,19)20/h14-15,17H,2-13H2,1H3/t14-,15-/m1/s1. The molecule has 0 aromatic rings. The Balaban J connectivity index is 1.52. The average molecular weight is 330 g/mol. The monoisotopic (exact) mass is 330 g/mol. The van der Waals surface area contributed by atoms with Crippen LogP contribution in [0.4, 0.5) is 0 Å². The Morgan fingerprint density at radius 1 is 1.23 bits per heavy atom. The second kappa shape index (κ2) is 6.75. The van der Waals surface area contributed by atoms with Crippen molar-refractivity contribution in [2.45, 2.75) is 64.0 Å². The highest BCUT2D eigenvalue weighted by Crippen LogP contribution is 2.53. The summed E-state index contributed by atoms with van der Waals surface area (Å²) in [6, 6.07) is 0.509. The van der Waals surface area contributed by atoms with Gasteiger partial charge in [-0.1, -0.05) is 19.3 Å². The number of hydrogen-bond acceptors (Lipinski definition) is 4. The number of rotatable bonds is 6. The van der Waals surface area contributed by atoms with Crippen molar-refractivity contribution in [3.63, 3.8) is 0 Å². The van der Waals surface area contributed by atoms with Crippen LogP contribution in [0.3, 0.4) is 0 Å². The topological polar surface area (TPSA) is 58.6 Å². The summed E-state index contributed by atoms with van der Waals surface area (Å²) in [4.78, 5) is 0. The Hall–Kier alpha value is -0.170. The van der Waals surface area contributed by atoms with Crippen LogP contribution < -0.4 is 5.32 Å². The lowest BCUT2D eigenvalue weighted by Gasteiger charge is -2.58. The van der Waals surface area contributed by atoms with Crippen molar-refractivity contribution in [1.29, 1.82) is 0 Å². The van der Waals surface area contributed by atoms with Crippen molar-refractivity contribution in [1.82, 2.24) is 9.62 Å². The van der Waals surface area contributed by atoms with Crippen molar-refractivity contribution < 1.29 is 13.2 Å². The molecule has 0 aromatic heterocycles. The minimum absolute atomic E-state index is 0.318. The van der Waals surface area contributed by atoms with Crippen molar-refractivity contribution >= 4 is 10.0 Å². The summed E-state index contributed by atoms with van der Waals surface area (Å²) in [5.41, 5.74) is 0.318. The van der Waals surface area contributed by atoms with E-state index in [-0.39, 0.29) is 0 Å². The van der Waals surface area contributed by atoms with Crippen molar-refractivity contribution in [2.75, 3.05) is 32.0 Å². The lowest BCUT2D eigenvalue weighted by Crippen LogP contribution is -2.65. The molecule has 1 aliphatic heterocycles. The zero-order valence-electron chi connectivity index (χ0n) is 13.7. The summed E-state index contributed by atoms with van der Waals surface area (Å²) >= 11 is 0. The van der Waals surface area contributed by atoms with Gasteiger partial charge in [-0.2, -0.15) is 0 Å². The zero-order chi connectivity index (χ0) is 15.6. The lowest BCUT2D eigenvalue weighted by molar-refractivity contribution is -0.149. The fourth-order valence-corrected chi connectivity index (χ4v) is 6.18. The van der Waals surface area contributed by atoms with Gasteiger partial charge in [-0.25, -0.2) is 12.7 Å². The summed E-state index contributed by atoms with van der Waals surface area (Å²) in [5, 5.41) is 3.65. The second-order valence-corrected chi connectivity index (χ2v) is 9.14. The molecule has 0 bridgehead atoms. The first kappa shape index (κ1) is 16.7. The third-order valence-electron chi connectivity index (χ3n) is 5.89. The van der Waals surface area contributed by atoms with E-state index in [0.29, 0.717) is 36.4 Å². The molecular weight excluding hydrogens is 300 g/mol. The molecule has 3 fully saturated rings. The minimum Gasteiger partial charge on any atom is -0.378 e. The van der Waals surface area contributed by atoms with E-state index in [1.54, 1.807) is 4.31 Å². The van der Waals surface area contributed by atoms with Crippen LogP contribution >= 0.6 is 0 Å². The van der Waals surface area contributed by atoms with Crippen LogP contribution in [0, 0.1) is 5.41 Å². The van der Waals surface area contributed by atoms with Crippen LogP contribution in [0.2, 0.25) is 0 Å². The predicted molar refractivity (Wildman–Crippen MR) is 87.3 cm³/mol. The second-order valence-electron chi connectivity index (χ2n) is 7.05. The summed E-state index contributed by atoms with van der Waals surface area (Å²) in [7, 11) is -2.96. The van der Waals surface area contributed by atoms with Gasteiger partial charge in [0.1, 0.15) is 0 Å². The van der Waals surface area contributed by atoms with E-state index in [2.05, 4.69) is 12.2 Å². The van der Waals surface area contributed by atoms with Crippen LogP contribution in [0.15, 0.2) is 0 Å². The maximum atomic E-state index is 11.8. The van der Waals surface area contributed by atoms with Crippen LogP contribution in [-0.4, -0.2) is 56.9 Å². The van der Waals surface area contributed by atoms with E-state index in [9.17, 15) is 8.42 Å². The first-order chi connectivity index (χ1) is 10.6. The van der Waals surface area contributed by atoms with Gasteiger partial charge in [-0.05, 0) is 32.6 Å². The first-order valence-electron chi connectivity index (χ1n) is 8.91. The predicted octanol–water partition coefficient (Wildman–Crippen LogP) is 1.74. The highest BCUT2D eigenvalue weighted by atomic mass is 32.2. The zero-order valence-corrected chi connectivity index (χ0v) is 14.5. The minimum atomic E-state index is -2.96. The van der Waals surface area contributed by atoms with Gasteiger partial charge in [-0.3, -0.25) is 0 Å². The van der Waals surface area contributed by atoms with Crippen molar-refractivity contribution in [3.05, 3.63) is 0 Å². The fraction of sp³-hybridized carbons (Fsp3) is 1.00. The Kier molecular flexibility index (Phi) is 5.12. The number of ether oxygens (including phenoxy) is 1. The highest BCUT2D eigenvalue weighted by molar-refractivity contribution is 7.89. The number of nitrogens with one attached hydrogen (secondary N) is 1. The van der Waals surface area contributed by atoms with E-state index in [4.69, 9.17) is 4.74 Å². The quantitative estimate of drug-likeness (QED) is 0.806. The molecule has 1 spiro atoms. The molecule has 0 unspecified atom stereocenters. The Bertz CT molecular complexity index is 474. The SMILES string of the molecule is CCO[C@@H]1C[C@@H](NCCN2CCCS2(=O)=O)C12CCCCC2. The molecule has 1 saturated heterocycles. The molecule has 3 aliphatic rings. The van der Waals surface area contributed by atoms with Crippen molar-refractivity contribution in [2.24, 2.45) is 5.41 Å². The molecule has 0 amide bonds. The van der Waals surface area contributed by atoms with Gasteiger partial charge in [0.15, 0.2) is 0 Å². The highest BCUT2D eigenvalue weighted by Gasteiger charge is 2.55. The maximum Gasteiger partial charge on any atom is 0.214 e. The fourth-order valence-electron chi connectivity index (χ4n) is 4.66. The molecule has 2 atom stereocenters. The van der Waals surface area contributed by atoms with Crippen LogP contribution in [-0.2, 0) is 14.8 Å². The molecule has 5 nitrogen and oxygen atoms in total. The van der Waals surface area contributed by atoms with E-state index in [0.717, 1.165) is 26.0 Å². The Morgan fingerprint density at radius 2 is 2.00 bits per heavy atom. The van der Waals surface area contributed by atoms with Gasteiger partial charge < -0.3 is 10.1 Å². The summed E-state index contributed by atoms with van der Waals surface area (Å²) in [6.07, 6.45) is 8.76. The maximum absolute atomic E-state index is 11.8. The first-order valence-corrected chi connectivity index (χ1v) is 10.5. The number of nitrogens with zero attached hydrogens (tertiary/aromatic N) is 1. The normalized spacial score (nSPS) is 33.9. The van der Waals surface area contributed by atoms with Gasteiger partial charge in [0.05, 0.1) is 11.9 Å². The molecule has 0 radical (unpaired) electrons. The van der Waals surface area contributed by atoms with Gasteiger partial charge in [0.2, 0.25) is 10.0 Å². The van der Waals surface area contributed by atoms with Crippen LogP contribution in [0.5, 0.6) is 0 Å². The molecule has 128 valence electrons. The smallest absolute Gasteiger partial charge is 0.214 e. The van der Waals surface area contributed by atoms with Crippen molar-refractivity contribution in [3.8, 4) is 0 Å². The third-order valence-corrected chi connectivity index (χ3v) is 7.85. The van der Waals surface area contributed by atoms with Gasteiger partial charge in [0.25, 0.3) is 0 Å². The lowest BCUT2D eigenvalue weighted by atomic mass is 9.55. The summed E-state index contributed by atoms with van der Waals surface area (Å²) in [5.74, 6) is 0.326. The van der Waals surface area contributed by atoms with Gasteiger partial charge in [0, 0.05) is 37.7 Å². The molecule has 1 N–H and O–H groups in total. The van der Waals surface area contributed by atoms with E-state index in [1.165, 1.54) is 32.1 Å². The van der Waals surface area contributed by atoms with Crippen LogP contribution in [0.1, 0.15) is 51.9 Å². The van der Waals surface area contributed by atoms with Crippen LogP contribution in [0.25, 0.3) is 0 Å². The molecule has 1 heterocycles. The molecule has 6 heteroatoms. The molecule has 2 aliphatic carbocycles. The third kappa shape index (κ3) is 3.07. The molecular formula is C16H30N2O3S. The molecule has 3 rings (SSSR count). The van der Waals surface area contributed by atoms with E-state index >= 15 is 0 Å². The summed E-state index contributed by atoms with van der Waals surface area (Å²) in [6.45, 7) is 4.96. The number of hydrogen-bond donors (Lipinski definition) is 1. The summed E-state index contributed by atoms with van der Waals surface area (Å²) < 4.78 is 31.3. The largest absolute Gasteiger partial charge is 0.378 e. The van der Waals surface area contributed by atoms with Gasteiger partial charge >= 0.3 is 0 Å². The molecule has 0 aromatic carbocycles. The van der Waals surface area contributed by atoms with E-state index in [1.807, 2.05) is 0 Å². The Labute approximate surface area is 134 Å². The Morgan fingerprint density at radius 3 is 2.64 bits per heavy atom. The number of sulfonamides is 1. The molecule has 22 heavy (non-hydrogen) atoms. The van der Waals surface area contributed by atoms with Gasteiger partial charge in [-0.15, -0.1) is 0 Å². The average Bonchev–Trinajstić information content (AvgIpc) is 2.85. The van der Waals surface area contributed by atoms with E-state index < -0.39 is 10.0 Å².